The van der Waals surface area contributed by atoms with Crippen molar-refractivity contribution in [2.24, 2.45) is 0 Å². The van der Waals surface area contributed by atoms with Crippen LogP contribution in [-0.2, 0) is 20.4 Å². The van der Waals surface area contributed by atoms with Gasteiger partial charge in [-0.1, -0.05) is 12.1 Å². The van der Waals surface area contributed by atoms with Crippen LogP contribution in [0.15, 0.2) is 65.7 Å². The van der Waals surface area contributed by atoms with Gasteiger partial charge in [-0.3, -0.25) is 9.69 Å². The van der Waals surface area contributed by atoms with Crippen LogP contribution in [0.4, 0.5) is 10.5 Å². The Balaban J connectivity index is 1.48. The lowest BCUT2D eigenvalue weighted by molar-refractivity contribution is -0.125. The van der Waals surface area contributed by atoms with Crippen molar-refractivity contribution >= 4 is 27.6 Å². The number of methoxy groups -OCH3 is 1. The number of rotatable bonds is 8. The summed E-state index contributed by atoms with van der Waals surface area (Å²) in [6.07, 6.45) is 3.04. The molecule has 2 fully saturated rings. The number of likely N-dealkylation sites (tertiary alicyclic amines) is 1. The van der Waals surface area contributed by atoms with Crippen molar-refractivity contribution in [1.29, 1.82) is 5.26 Å². The lowest BCUT2D eigenvalue weighted by Gasteiger charge is -2.45. The third-order valence-electron chi connectivity index (χ3n) is 9.84. The number of hydrogen-bond donors (Lipinski definition) is 0. The minimum atomic E-state index is -4.62. The van der Waals surface area contributed by atoms with E-state index in [1.807, 2.05) is 0 Å². The average Bonchev–Trinajstić information content (AvgIpc) is 3.39. The van der Waals surface area contributed by atoms with Crippen molar-refractivity contribution in [2.75, 3.05) is 71.4 Å². The van der Waals surface area contributed by atoms with Crippen molar-refractivity contribution in [3.05, 3.63) is 77.5 Å². The largest absolute Gasteiger partial charge is 0.495 e. The van der Waals surface area contributed by atoms with Gasteiger partial charge in [0.25, 0.3) is 15.9 Å². The first-order chi connectivity index (χ1) is 23.6. The Bertz CT molecular complexity index is 1880. The number of nitriles is 1. The van der Waals surface area contributed by atoms with Crippen LogP contribution in [0.25, 0.3) is 0 Å². The standard InChI is InChI=1S/C35H41N7O6S/c1-5-48-32-27(9-8-16-37-32)35(39(3)34(44)41-17-14-26(15-18-41)40-21-19-38(2)20-22-40)28-23-25(24-36)12-13-29(28)42(33(35)43)49(45,46)31-11-7-6-10-30(31)47-4/h6-13,16,23,26H,5,14-15,17-22H2,1-4H3. The monoisotopic (exact) mass is 687 g/mol. The third kappa shape index (κ3) is 5.75. The number of carbonyl (C=O) groups excluding carboxylic acids is 2. The molecular weight excluding hydrogens is 646 g/mol. The number of carbonyl (C=O) groups is 2. The molecule has 3 aromatic rings. The summed E-state index contributed by atoms with van der Waals surface area (Å²) in [5, 5.41) is 9.97. The first-order valence-corrected chi connectivity index (χ1v) is 17.8. The van der Waals surface area contributed by atoms with Crippen LogP contribution in [0.1, 0.15) is 36.5 Å². The zero-order chi connectivity index (χ0) is 34.9. The van der Waals surface area contributed by atoms with E-state index in [1.54, 1.807) is 36.1 Å². The third-order valence-corrected chi connectivity index (χ3v) is 11.6. The van der Waals surface area contributed by atoms with Gasteiger partial charge in [-0.25, -0.2) is 18.2 Å². The highest BCUT2D eigenvalue weighted by Crippen LogP contribution is 2.52. The van der Waals surface area contributed by atoms with Crippen molar-refractivity contribution in [2.45, 2.75) is 36.2 Å². The van der Waals surface area contributed by atoms with Gasteiger partial charge in [-0.15, -0.1) is 0 Å². The van der Waals surface area contributed by atoms with Gasteiger partial charge >= 0.3 is 6.03 Å². The van der Waals surface area contributed by atoms with Gasteiger partial charge in [0.2, 0.25) is 5.88 Å². The van der Waals surface area contributed by atoms with Crippen molar-refractivity contribution in [1.82, 2.24) is 24.6 Å². The number of para-hydroxylation sites is 1. The smallest absolute Gasteiger partial charge is 0.321 e. The van der Waals surface area contributed by atoms with Gasteiger partial charge in [0, 0.05) is 64.1 Å². The Kier molecular flexibility index (Phi) is 9.52. The molecule has 0 radical (unpaired) electrons. The summed E-state index contributed by atoms with van der Waals surface area (Å²) in [4.78, 5) is 41.9. The number of anilines is 1. The number of piperazine rings is 1. The number of piperidine rings is 1. The molecule has 1 atom stereocenters. The summed E-state index contributed by atoms with van der Waals surface area (Å²) >= 11 is 0. The van der Waals surface area contributed by atoms with Gasteiger partial charge in [0.1, 0.15) is 10.6 Å². The minimum Gasteiger partial charge on any atom is -0.495 e. The summed E-state index contributed by atoms with van der Waals surface area (Å²) in [5.74, 6) is -0.815. The molecule has 258 valence electrons. The van der Waals surface area contributed by atoms with Crippen molar-refractivity contribution in [3.8, 4) is 17.7 Å². The van der Waals surface area contributed by atoms with Gasteiger partial charge in [-0.05, 0) is 69.3 Å². The molecule has 1 unspecified atom stereocenters. The molecule has 3 aliphatic heterocycles. The van der Waals surface area contributed by atoms with Crippen LogP contribution < -0.4 is 13.8 Å². The van der Waals surface area contributed by atoms with Gasteiger partial charge in [0.05, 0.1) is 36.6 Å². The molecule has 0 spiro atoms. The maximum atomic E-state index is 15.3. The molecule has 2 aromatic carbocycles. The molecule has 3 amide bonds. The number of amides is 3. The molecule has 14 heteroatoms. The molecule has 0 saturated carbocycles. The maximum absolute atomic E-state index is 15.3. The fraction of sp³-hybridized carbons (Fsp3) is 0.429. The summed E-state index contributed by atoms with van der Waals surface area (Å²) in [6, 6.07) is 15.6. The zero-order valence-corrected chi connectivity index (χ0v) is 29.0. The molecule has 49 heavy (non-hydrogen) atoms. The van der Waals surface area contributed by atoms with E-state index in [2.05, 4.69) is 27.9 Å². The van der Waals surface area contributed by atoms with E-state index in [0.717, 1.165) is 39.0 Å². The summed E-state index contributed by atoms with van der Waals surface area (Å²) in [7, 11) is 0.344. The number of pyridine rings is 1. The number of nitrogens with zero attached hydrogens (tertiary/aromatic N) is 7. The Labute approximate surface area is 287 Å². The second-order valence-corrected chi connectivity index (χ2v) is 14.2. The normalized spacial score (nSPS) is 20.5. The zero-order valence-electron chi connectivity index (χ0n) is 28.2. The number of ether oxygens (including phenoxy) is 2. The minimum absolute atomic E-state index is 0.00892. The predicted molar refractivity (Wildman–Crippen MR) is 182 cm³/mol. The number of urea groups is 1. The lowest BCUT2D eigenvalue weighted by Crippen LogP contribution is -2.60. The number of sulfonamides is 1. The first-order valence-electron chi connectivity index (χ1n) is 16.4. The van der Waals surface area contributed by atoms with Crippen molar-refractivity contribution < 1.29 is 27.5 Å². The quantitative estimate of drug-likeness (QED) is 0.347. The van der Waals surface area contributed by atoms with E-state index in [1.165, 1.54) is 55.6 Å². The molecule has 0 aliphatic carbocycles. The lowest BCUT2D eigenvalue weighted by atomic mass is 9.82. The first kappa shape index (κ1) is 34.2. The summed E-state index contributed by atoms with van der Waals surface area (Å²) in [5.41, 5.74) is -1.55. The van der Waals surface area contributed by atoms with Crippen LogP contribution in [0.5, 0.6) is 11.6 Å². The predicted octanol–water partition coefficient (Wildman–Crippen LogP) is 3.10. The Morgan fingerprint density at radius 3 is 2.43 bits per heavy atom. The number of benzene rings is 2. The van der Waals surface area contributed by atoms with Gasteiger partial charge in [0.15, 0.2) is 5.54 Å². The molecule has 3 aliphatic rings. The molecule has 0 N–H and O–H groups in total. The molecule has 2 saturated heterocycles. The van der Waals surface area contributed by atoms with E-state index in [4.69, 9.17) is 9.47 Å². The SMILES string of the molecule is CCOc1ncccc1C1(N(C)C(=O)N2CCC(N3CCN(C)CC3)CC2)C(=O)N(S(=O)(=O)c2ccccc2OC)c2ccc(C#N)cc21. The number of hydrogen-bond acceptors (Lipinski definition) is 10. The Morgan fingerprint density at radius 1 is 1.04 bits per heavy atom. The molecule has 1 aromatic heterocycles. The van der Waals surface area contributed by atoms with Crippen LogP contribution >= 0.6 is 0 Å². The maximum Gasteiger partial charge on any atom is 0.321 e. The highest BCUT2D eigenvalue weighted by atomic mass is 32.2. The number of fused-ring (bicyclic) bond motifs is 1. The molecular formula is C35H41N7O6S. The van der Waals surface area contributed by atoms with Crippen LogP contribution in [-0.4, -0.2) is 118 Å². The van der Waals surface area contributed by atoms with Gasteiger partial charge < -0.3 is 24.2 Å². The fourth-order valence-corrected chi connectivity index (χ4v) is 8.88. The van der Waals surface area contributed by atoms with E-state index in [0.29, 0.717) is 23.4 Å². The average molecular weight is 688 g/mol. The van der Waals surface area contributed by atoms with E-state index < -0.39 is 27.5 Å². The Hall–Kier alpha value is -4.71. The Morgan fingerprint density at radius 2 is 1.76 bits per heavy atom. The molecule has 6 rings (SSSR count). The number of likely N-dealkylation sites (N-methyl/N-ethyl adjacent to an activating group) is 2. The molecule has 4 heterocycles. The molecule has 0 bridgehead atoms. The van der Waals surface area contributed by atoms with Crippen molar-refractivity contribution in [3.63, 3.8) is 0 Å². The highest BCUT2D eigenvalue weighted by molar-refractivity contribution is 7.93. The highest BCUT2D eigenvalue weighted by Gasteiger charge is 2.62. The molecule has 13 nitrogen and oxygen atoms in total. The topological polar surface area (TPSA) is 140 Å². The van der Waals surface area contributed by atoms with Crippen LogP contribution in [0.2, 0.25) is 0 Å². The van der Waals surface area contributed by atoms with Crippen LogP contribution in [0.3, 0.4) is 0 Å². The second kappa shape index (κ2) is 13.7. The fourth-order valence-electron chi connectivity index (χ4n) is 7.26. The summed E-state index contributed by atoms with van der Waals surface area (Å²) in [6.45, 7) is 6.83. The van der Waals surface area contributed by atoms with Crippen LogP contribution in [0, 0.1) is 11.3 Å². The van der Waals surface area contributed by atoms with Gasteiger partial charge in [-0.2, -0.15) is 9.57 Å². The number of aromatic nitrogens is 1. The van der Waals surface area contributed by atoms with E-state index in [9.17, 15) is 18.5 Å². The second-order valence-electron chi connectivity index (χ2n) is 12.5. The van der Waals surface area contributed by atoms with E-state index in [-0.39, 0.29) is 45.5 Å². The summed E-state index contributed by atoms with van der Waals surface area (Å²) < 4.78 is 41.2. The van der Waals surface area contributed by atoms with E-state index >= 15 is 4.79 Å².